The molecule has 5 nitrogen and oxygen atoms in total. The van der Waals surface area contributed by atoms with E-state index in [0.717, 1.165) is 12.1 Å². The first-order valence-corrected chi connectivity index (χ1v) is 7.37. The lowest BCUT2D eigenvalue weighted by atomic mass is 10.1. The molecule has 0 spiro atoms. The minimum atomic E-state index is -3.72. The predicted molar refractivity (Wildman–Crippen MR) is 65.5 cm³/mol. The van der Waals surface area contributed by atoms with Crippen LogP contribution >= 0.6 is 0 Å². The van der Waals surface area contributed by atoms with Gasteiger partial charge in [-0.1, -0.05) is 0 Å². The maximum atomic E-state index is 12.7. The van der Waals surface area contributed by atoms with E-state index < -0.39 is 27.7 Å². The maximum Gasteiger partial charge on any atom is 0.306 e. The lowest BCUT2D eigenvalue weighted by Gasteiger charge is -2.12. The standard InChI is InChI=1S/C12H14FNO4S/c13-9-2-5-11(6-3-9)19(17,18)14-10-4-1-8(7-10)12(15)16/h2-3,5-6,8,10,14H,1,4,7H2,(H,15,16). The summed E-state index contributed by atoms with van der Waals surface area (Å²) < 4.78 is 39.2. The molecule has 1 aromatic rings. The van der Waals surface area contributed by atoms with Gasteiger partial charge in [0.2, 0.25) is 10.0 Å². The molecule has 0 heterocycles. The average molecular weight is 287 g/mol. The van der Waals surface area contributed by atoms with Gasteiger partial charge in [-0.15, -0.1) is 0 Å². The Balaban J connectivity index is 2.06. The van der Waals surface area contributed by atoms with Gasteiger partial charge in [-0.3, -0.25) is 4.79 Å². The lowest BCUT2D eigenvalue weighted by molar-refractivity contribution is -0.141. The van der Waals surface area contributed by atoms with E-state index in [1.165, 1.54) is 12.1 Å². The third-order valence-corrected chi connectivity index (χ3v) is 4.76. The number of aliphatic carboxylic acids is 1. The number of benzene rings is 1. The van der Waals surface area contributed by atoms with Gasteiger partial charge in [0.05, 0.1) is 10.8 Å². The van der Waals surface area contributed by atoms with Crippen LogP contribution in [0.3, 0.4) is 0 Å². The first kappa shape index (κ1) is 14.0. The second kappa shape index (κ2) is 5.26. The van der Waals surface area contributed by atoms with Gasteiger partial charge < -0.3 is 5.11 Å². The molecular weight excluding hydrogens is 273 g/mol. The largest absolute Gasteiger partial charge is 0.481 e. The van der Waals surface area contributed by atoms with E-state index in [2.05, 4.69) is 4.72 Å². The second-order valence-electron chi connectivity index (χ2n) is 4.62. The summed E-state index contributed by atoms with van der Waals surface area (Å²) in [7, 11) is -3.72. The fourth-order valence-corrected chi connectivity index (χ4v) is 3.50. The lowest BCUT2D eigenvalue weighted by Crippen LogP contribution is -2.33. The number of carboxylic acid groups (broad SMARTS) is 1. The molecule has 0 saturated heterocycles. The van der Waals surface area contributed by atoms with Crippen molar-refractivity contribution in [1.82, 2.24) is 4.72 Å². The fourth-order valence-electron chi connectivity index (χ4n) is 2.21. The number of hydrogen-bond donors (Lipinski definition) is 2. The molecule has 2 atom stereocenters. The molecule has 104 valence electrons. The first-order valence-electron chi connectivity index (χ1n) is 5.89. The van der Waals surface area contributed by atoms with Crippen LogP contribution < -0.4 is 4.72 Å². The molecule has 1 aliphatic carbocycles. The fraction of sp³-hybridized carbons (Fsp3) is 0.417. The van der Waals surface area contributed by atoms with Crippen molar-refractivity contribution in [3.05, 3.63) is 30.1 Å². The van der Waals surface area contributed by atoms with Crippen LogP contribution in [0.2, 0.25) is 0 Å². The van der Waals surface area contributed by atoms with E-state index in [0.29, 0.717) is 12.8 Å². The summed E-state index contributed by atoms with van der Waals surface area (Å²) in [5.74, 6) is -1.91. The van der Waals surface area contributed by atoms with Gasteiger partial charge in [-0.2, -0.15) is 0 Å². The highest BCUT2D eigenvalue weighted by atomic mass is 32.2. The molecule has 0 aromatic heterocycles. The maximum absolute atomic E-state index is 12.7. The van der Waals surface area contributed by atoms with Crippen LogP contribution in [0.15, 0.2) is 29.2 Å². The van der Waals surface area contributed by atoms with Crippen LogP contribution in [0.25, 0.3) is 0 Å². The van der Waals surface area contributed by atoms with Gasteiger partial charge >= 0.3 is 5.97 Å². The summed E-state index contributed by atoms with van der Waals surface area (Å²) in [5.41, 5.74) is 0. The molecule has 0 bridgehead atoms. The van der Waals surface area contributed by atoms with Crippen LogP contribution in [0.5, 0.6) is 0 Å². The van der Waals surface area contributed by atoms with Crippen molar-refractivity contribution >= 4 is 16.0 Å². The van der Waals surface area contributed by atoms with Crippen LogP contribution in [0.4, 0.5) is 4.39 Å². The molecule has 1 fully saturated rings. The van der Waals surface area contributed by atoms with Crippen molar-refractivity contribution in [3.8, 4) is 0 Å². The Hall–Kier alpha value is -1.47. The monoisotopic (exact) mass is 287 g/mol. The summed E-state index contributed by atoms with van der Waals surface area (Å²) in [4.78, 5) is 10.8. The summed E-state index contributed by atoms with van der Waals surface area (Å²) in [5, 5.41) is 8.86. The normalized spacial score (nSPS) is 23.4. The molecule has 2 N–H and O–H groups in total. The Kier molecular flexibility index (Phi) is 3.86. The van der Waals surface area contributed by atoms with Gasteiger partial charge in [-0.05, 0) is 43.5 Å². The number of rotatable bonds is 4. The predicted octanol–water partition coefficient (Wildman–Crippen LogP) is 1.36. The molecule has 19 heavy (non-hydrogen) atoms. The van der Waals surface area contributed by atoms with E-state index in [4.69, 9.17) is 5.11 Å². The van der Waals surface area contributed by atoms with Gasteiger partial charge in [0.1, 0.15) is 5.82 Å². The number of carboxylic acids is 1. The number of nitrogens with one attached hydrogen (secondary N) is 1. The highest BCUT2D eigenvalue weighted by Gasteiger charge is 2.32. The molecular formula is C12H14FNO4S. The zero-order chi connectivity index (χ0) is 14.0. The zero-order valence-corrected chi connectivity index (χ0v) is 10.9. The summed E-state index contributed by atoms with van der Waals surface area (Å²) in [6.45, 7) is 0. The number of hydrogen-bond acceptors (Lipinski definition) is 3. The highest BCUT2D eigenvalue weighted by molar-refractivity contribution is 7.89. The zero-order valence-electron chi connectivity index (χ0n) is 10.0. The van der Waals surface area contributed by atoms with Crippen LogP contribution in [0, 0.1) is 11.7 Å². The SMILES string of the molecule is O=C(O)C1CCC(NS(=O)(=O)c2ccc(F)cc2)C1. The molecule has 1 aliphatic rings. The smallest absolute Gasteiger partial charge is 0.306 e. The van der Waals surface area contributed by atoms with E-state index in [1.807, 2.05) is 0 Å². The second-order valence-corrected chi connectivity index (χ2v) is 6.33. The van der Waals surface area contributed by atoms with Crippen molar-refractivity contribution in [2.45, 2.75) is 30.2 Å². The van der Waals surface area contributed by atoms with Gasteiger partial charge in [0.25, 0.3) is 0 Å². The van der Waals surface area contributed by atoms with Gasteiger partial charge in [0.15, 0.2) is 0 Å². The highest BCUT2D eigenvalue weighted by Crippen LogP contribution is 2.26. The minimum absolute atomic E-state index is 0.0207. The molecule has 2 unspecified atom stereocenters. The van der Waals surface area contributed by atoms with Crippen molar-refractivity contribution in [2.24, 2.45) is 5.92 Å². The van der Waals surface area contributed by atoms with Gasteiger partial charge in [-0.25, -0.2) is 17.5 Å². The summed E-state index contributed by atoms with van der Waals surface area (Å²) in [6.07, 6.45) is 1.25. The van der Waals surface area contributed by atoms with Crippen LogP contribution in [-0.2, 0) is 14.8 Å². The Bertz CT molecular complexity index is 570. The molecule has 2 rings (SSSR count). The molecule has 0 amide bonds. The molecule has 0 aliphatic heterocycles. The summed E-state index contributed by atoms with van der Waals surface area (Å²) in [6, 6.07) is 4.13. The third-order valence-electron chi connectivity index (χ3n) is 3.23. The van der Waals surface area contributed by atoms with E-state index in [-0.39, 0.29) is 17.4 Å². The van der Waals surface area contributed by atoms with Crippen molar-refractivity contribution in [3.63, 3.8) is 0 Å². The van der Waals surface area contributed by atoms with Crippen molar-refractivity contribution < 1.29 is 22.7 Å². The molecule has 1 saturated carbocycles. The number of carbonyl (C=O) groups is 1. The van der Waals surface area contributed by atoms with E-state index in [1.54, 1.807) is 0 Å². The molecule has 1 aromatic carbocycles. The molecule has 0 radical (unpaired) electrons. The number of halogens is 1. The molecule has 7 heteroatoms. The average Bonchev–Trinajstić information content (AvgIpc) is 2.77. The topological polar surface area (TPSA) is 83.5 Å². The van der Waals surface area contributed by atoms with E-state index in [9.17, 15) is 17.6 Å². The number of sulfonamides is 1. The third kappa shape index (κ3) is 3.30. The Labute approximate surface area is 110 Å². The Morgan fingerprint density at radius 3 is 2.42 bits per heavy atom. The quantitative estimate of drug-likeness (QED) is 0.875. The first-order chi connectivity index (χ1) is 8.88. The van der Waals surface area contributed by atoms with Crippen molar-refractivity contribution in [1.29, 1.82) is 0 Å². The van der Waals surface area contributed by atoms with Crippen LogP contribution in [-0.4, -0.2) is 25.5 Å². The van der Waals surface area contributed by atoms with Gasteiger partial charge in [0, 0.05) is 6.04 Å². The minimum Gasteiger partial charge on any atom is -0.481 e. The Morgan fingerprint density at radius 2 is 1.89 bits per heavy atom. The Morgan fingerprint density at radius 1 is 1.26 bits per heavy atom. The van der Waals surface area contributed by atoms with Crippen LogP contribution in [0.1, 0.15) is 19.3 Å². The summed E-state index contributed by atoms with van der Waals surface area (Å²) >= 11 is 0. The van der Waals surface area contributed by atoms with E-state index >= 15 is 0 Å². The van der Waals surface area contributed by atoms with Crippen molar-refractivity contribution in [2.75, 3.05) is 0 Å².